The van der Waals surface area contributed by atoms with Crippen LogP contribution < -0.4 is 15.6 Å². The monoisotopic (exact) mass is 612 g/mol. The number of aliphatic carboxylic acids is 1. The minimum absolute atomic E-state index is 0.0906. The van der Waals surface area contributed by atoms with E-state index in [1.165, 1.54) is 51.6 Å². The number of ether oxygens (including phenoxy) is 4. The van der Waals surface area contributed by atoms with Crippen molar-refractivity contribution in [1.29, 1.82) is 0 Å². The highest BCUT2D eigenvalue weighted by molar-refractivity contribution is 5.90. The lowest BCUT2D eigenvalue weighted by Crippen LogP contribution is -2.77. The Bertz CT molecular complexity index is 1440. The van der Waals surface area contributed by atoms with E-state index in [1.807, 2.05) is 0 Å². The normalized spacial score (nSPS) is 36.6. The van der Waals surface area contributed by atoms with Crippen LogP contribution in [0, 0.1) is 17.8 Å². The Morgan fingerprint density at radius 3 is 2.70 bits per heavy atom. The number of carbonyl (C=O) groups is 2. The van der Waals surface area contributed by atoms with Gasteiger partial charge >= 0.3 is 11.9 Å². The van der Waals surface area contributed by atoms with Crippen molar-refractivity contribution in [2.24, 2.45) is 17.8 Å². The van der Waals surface area contributed by atoms with Crippen molar-refractivity contribution in [3.8, 4) is 0 Å². The van der Waals surface area contributed by atoms with Gasteiger partial charge < -0.3 is 44.4 Å². The SMILES string of the molecule is C=CC1C(OC2OC(CO)C34OC=c5[n-]c(CC6CCCCC6)cc5=C3CCC2(O)C4O)CC=C(C(=O)OC)C1CC(=O)O. The molecule has 44 heavy (non-hydrogen) atoms. The first-order valence-electron chi connectivity index (χ1n) is 15.7. The summed E-state index contributed by atoms with van der Waals surface area (Å²) in [6.07, 6.45) is 7.18. The smallest absolute Gasteiger partial charge is 0.333 e. The zero-order valence-corrected chi connectivity index (χ0v) is 25.0. The third-order valence-corrected chi connectivity index (χ3v) is 10.5. The summed E-state index contributed by atoms with van der Waals surface area (Å²) >= 11 is 0. The lowest BCUT2D eigenvalue weighted by atomic mass is 9.63. The first-order chi connectivity index (χ1) is 21.2. The minimum Gasteiger partial charge on any atom is -0.658 e. The third kappa shape index (κ3) is 5.02. The van der Waals surface area contributed by atoms with Gasteiger partial charge in [0.1, 0.15) is 17.8 Å². The summed E-state index contributed by atoms with van der Waals surface area (Å²) in [5.74, 6) is -2.56. The molecule has 1 saturated heterocycles. The maximum Gasteiger partial charge on any atom is 0.333 e. The van der Waals surface area contributed by atoms with E-state index in [9.17, 15) is 30.0 Å². The van der Waals surface area contributed by atoms with Crippen molar-refractivity contribution in [1.82, 2.24) is 4.98 Å². The molecular weight excluding hydrogens is 570 g/mol. The minimum atomic E-state index is -1.91. The number of fused-ring (bicyclic) bond motifs is 2. The predicted molar refractivity (Wildman–Crippen MR) is 156 cm³/mol. The number of nitrogens with zero attached hydrogens (tertiary/aromatic N) is 1. The first kappa shape index (κ1) is 31.0. The fraction of sp³-hybridized carbons (Fsp3) is 0.636. The molecule has 4 N–H and O–H groups in total. The van der Waals surface area contributed by atoms with Crippen molar-refractivity contribution in [2.75, 3.05) is 13.7 Å². The molecule has 3 fully saturated rings. The molecule has 1 spiro atoms. The number of hydrogen-bond donors (Lipinski definition) is 4. The Balaban J connectivity index is 1.30. The molecule has 1 aromatic rings. The molecule has 0 amide bonds. The van der Waals surface area contributed by atoms with Gasteiger partial charge in [-0.2, -0.15) is 5.69 Å². The Morgan fingerprint density at radius 1 is 1.25 bits per heavy atom. The molecule has 0 aromatic carbocycles. The summed E-state index contributed by atoms with van der Waals surface area (Å²) in [7, 11) is 1.23. The maximum atomic E-state index is 12.4. The zero-order valence-electron chi connectivity index (χ0n) is 25.0. The van der Waals surface area contributed by atoms with Gasteiger partial charge in [0.15, 0.2) is 11.9 Å². The number of rotatable bonds is 9. The van der Waals surface area contributed by atoms with Crippen LogP contribution in [-0.4, -0.2) is 81.9 Å². The molecule has 8 atom stereocenters. The number of hydrogen-bond acceptors (Lipinski definition) is 9. The lowest BCUT2D eigenvalue weighted by molar-refractivity contribution is -0.371. The Kier molecular flexibility index (Phi) is 8.53. The molecule has 11 heteroatoms. The van der Waals surface area contributed by atoms with E-state index in [1.54, 1.807) is 6.08 Å². The number of carboxylic acid groups (broad SMARTS) is 1. The van der Waals surface area contributed by atoms with Gasteiger partial charge in [0.25, 0.3) is 0 Å². The zero-order chi connectivity index (χ0) is 31.2. The Labute approximate surface area is 255 Å². The van der Waals surface area contributed by atoms with Gasteiger partial charge in [-0.25, -0.2) is 4.79 Å². The van der Waals surface area contributed by atoms with Gasteiger partial charge in [-0.15, -0.1) is 6.58 Å². The molecule has 240 valence electrons. The van der Waals surface area contributed by atoms with Crippen LogP contribution in [0.2, 0.25) is 0 Å². The van der Waals surface area contributed by atoms with Gasteiger partial charge in [0, 0.05) is 17.4 Å². The second kappa shape index (κ2) is 12.1. The molecule has 8 unspecified atom stereocenters. The maximum absolute atomic E-state index is 12.4. The molecular formula is C33H42NO10-. The number of aromatic nitrogens is 1. The standard InChI is InChI=1S/C33H42NO10/c1-3-20-22(15-28(36)37)21(29(38)41-2)9-10-26(20)43-31-32(40)12-11-24-23-14-19(13-18-7-5-4-6-8-18)34-25(23)17-42-33(24,30(32)39)27(16-35)44-31/h3,9,14,17-18,20,22,26-27,30-31,35,39-40H,1,4-8,10-13,15-16H2,2H3,(H,36,37)/q-1. The summed E-state index contributed by atoms with van der Waals surface area (Å²) < 4.78 is 23.7. The van der Waals surface area contributed by atoms with Crippen molar-refractivity contribution in [3.63, 3.8) is 0 Å². The summed E-state index contributed by atoms with van der Waals surface area (Å²) in [6.45, 7) is 3.34. The van der Waals surface area contributed by atoms with Gasteiger partial charge in [0.05, 0.1) is 32.5 Å². The van der Waals surface area contributed by atoms with E-state index in [0.29, 0.717) is 17.7 Å². The van der Waals surface area contributed by atoms with Crippen LogP contribution in [0.5, 0.6) is 0 Å². The van der Waals surface area contributed by atoms with Crippen molar-refractivity contribution < 1.29 is 49.0 Å². The average Bonchev–Trinajstić information content (AvgIpc) is 3.42. The molecule has 5 aliphatic rings. The molecule has 3 aliphatic carbocycles. The van der Waals surface area contributed by atoms with E-state index >= 15 is 0 Å². The van der Waals surface area contributed by atoms with Crippen LogP contribution in [0.3, 0.4) is 0 Å². The molecule has 2 aliphatic heterocycles. The van der Waals surface area contributed by atoms with Crippen molar-refractivity contribution in [3.05, 3.63) is 46.6 Å². The molecule has 2 saturated carbocycles. The highest BCUT2D eigenvalue weighted by Gasteiger charge is 2.69. The number of carbonyl (C=O) groups excluding carboxylic acids is 1. The van der Waals surface area contributed by atoms with Crippen molar-refractivity contribution >= 4 is 23.8 Å². The summed E-state index contributed by atoms with van der Waals surface area (Å²) in [5.41, 5.74) is -1.52. The number of aliphatic hydroxyl groups is 3. The molecule has 1 aromatic heterocycles. The van der Waals surface area contributed by atoms with Crippen molar-refractivity contribution in [2.45, 2.75) is 100 Å². The number of carboxylic acids is 1. The van der Waals surface area contributed by atoms with Crippen LogP contribution in [0.4, 0.5) is 0 Å². The van der Waals surface area contributed by atoms with Gasteiger partial charge in [-0.05, 0) is 42.4 Å². The second-order valence-corrected chi connectivity index (χ2v) is 12.9. The van der Waals surface area contributed by atoms with E-state index < -0.39 is 66.2 Å². The molecule has 2 bridgehead atoms. The molecule has 11 nitrogen and oxygen atoms in total. The summed E-state index contributed by atoms with van der Waals surface area (Å²) in [4.78, 5) is 29.0. The summed E-state index contributed by atoms with van der Waals surface area (Å²) in [5, 5.41) is 45.6. The van der Waals surface area contributed by atoms with Crippen LogP contribution >= 0.6 is 0 Å². The van der Waals surface area contributed by atoms with Gasteiger partial charge in [0.2, 0.25) is 0 Å². The molecule has 3 heterocycles. The van der Waals surface area contributed by atoms with Crippen LogP contribution in [0.15, 0.2) is 30.4 Å². The van der Waals surface area contributed by atoms with Gasteiger partial charge in [-0.1, -0.05) is 55.7 Å². The first-order valence-corrected chi connectivity index (χ1v) is 15.7. The number of methoxy groups -OCH3 is 1. The highest BCUT2D eigenvalue weighted by Crippen LogP contribution is 2.53. The summed E-state index contributed by atoms with van der Waals surface area (Å²) in [6, 6.07) is 2.05. The topological polar surface area (TPSA) is 166 Å². The Hall–Kier alpha value is -2.96. The second-order valence-electron chi connectivity index (χ2n) is 12.9. The van der Waals surface area contributed by atoms with E-state index in [-0.39, 0.29) is 24.8 Å². The fourth-order valence-electron chi connectivity index (χ4n) is 8.25. The number of esters is 1. The average molecular weight is 613 g/mol. The highest BCUT2D eigenvalue weighted by atomic mass is 16.7. The van der Waals surface area contributed by atoms with Crippen LogP contribution in [0.25, 0.3) is 11.8 Å². The third-order valence-electron chi connectivity index (χ3n) is 10.5. The van der Waals surface area contributed by atoms with Gasteiger partial charge in [-0.3, -0.25) is 4.79 Å². The Morgan fingerprint density at radius 2 is 2.02 bits per heavy atom. The molecule has 0 radical (unpaired) electrons. The van der Waals surface area contributed by atoms with Crippen LogP contribution in [0.1, 0.15) is 63.5 Å². The quantitative estimate of drug-likeness (QED) is 0.230. The fourth-order valence-corrected chi connectivity index (χ4v) is 8.25. The van der Waals surface area contributed by atoms with E-state index in [0.717, 1.165) is 22.9 Å². The van der Waals surface area contributed by atoms with Crippen LogP contribution in [-0.2, 0) is 35.0 Å². The molecule has 6 rings (SSSR count). The largest absolute Gasteiger partial charge is 0.658 e. The predicted octanol–water partition coefficient (Wildman–Crippen LogP) is 0.809. The van der Waals surface area contributed by atoms with E-state index in [2.05, 4.69) is 12.6 Å². The van der Waals surface area contributed by atoms with E-state index in [4.69, 9.17) is 23.9 Å². The number of aliphatic hydroxyl groups excluding tert-OH is 2. The lowest BCUT2D eigenvalue weighted by Gasteiger charge is -2.60.